The van der Waals surface area contributed by atoms with E-state index in [-0.39, 0.29) is 5.91 Å². The summed E-state index contributed by atoms with van der Waals surface area (Å²) >= 11 is 1.26. The number of aromatic nitrogens is 1. The number of amides is 1. The summed E-state index contributed by atoms with van der Waals surface area (Å²) in [6, 6.07) is 15.4. The first kappa shape index (κ1) is 21.1. The number of thiazole rings is 1. The Labute approximate surface area is 179 Å². The minimum absolute atomic E-state index is 0.196. The number of ether oxygens (including phenoxy) is 2. The topological polar surface area (TPSA) is 84.2 Å². The molecule has 152 valence electrons. The van der Waals surface area contributed by atoms with Crippen molar-refractivity contribution in [1.29, 1.82) is 5.26 Å². The Balaban J connectivity index is 2.09. The highest BCUT2D eigenvalue weighted by molar-refractivity contribution is 7.17. The summed E-state index contributed by atoms with van der Waals surface area (Å²) in [5, 5.41) is 13.7. The highest BCUT2D eigenvalue weighted by atomic mass is 32.1. The quantitative estimate of drug-likeness (QED) is 0.558. The minimum atomic E-state index is -0.196. The molecule has 0 saturated carbocycles. The van der Waals surface area contributed by atoms with Crippen molar-refractivity contribution < 1.29 is 14.3 Å². The van der Waals surface area contributed by atoms with E-state index in [1.165, 1.54) is 18.3 Å². The maximum absolute atomic E-state index is 11.7. The Morgan fingerprint density at radius 3 is 2.50 bits per heavy atom. The molecule has 2 aromatic carbocycles. The number of rotatable bonds is 6. The molecule has 0 atom stereocenters. The zero-order chi connectivity index (χ0) is 21.7. The van der Waals surface area contributed by atoms with Gasteiger partial charge in [0.1, 0.15) is 33.3 Å². The van der Waals surface area contributed by atoms with Crippen LogP contribution in [0.4, 0.5) is 5.00 Å². The number of nitrogens with one attached hydrogen (secondary N) is 1. The molecule has 0 saturated heterocycles. The second-order valence-corrected chi connectivity index (χ2v) is 7.52. The second-order valence-electron chi connectivity index (χ2n) is 6.52. The molecule has 3 aromatic rings. The third-order valence-corrected chi connectivity index (χ3v) is 5.34. The highest BCUT2D eigenvalue weighted by Crippen LogP contribution is 2.37. The lowest BCUT2D eigenvalue weighted by Crippen LogP contribution is -2.05. The van der Waals surface area contributed by atoms with Crippen molar-refractivity contribution in [3.8, 4) is 28.8 Å². The third-order valence-electron chi connectivity index (χ3n) is 4.33. The number of nitriles is 1. The lowest BCUT2D eigenvalue weighted by atomic mass is 10.1. The van der Waals surface area contributed by atoms with E-state index >= 15 is 0 Å². The Hall–Kier alpha value is -3.63. The van der Waals surface area contributed by atoms with Crippen LogP contribution in [0.1, 0.15) is 23.1 Å². The first-order valence-electron chi connectivity index (χ1n) is 9.14. The van der Waals surface area contributed by atoms with Crippen LogP contribution in [0.25, 0.3) is 22.9 Å². The maximum atomic E-state index is 11.7. The van der Waals surface area contributed by atoms with E-state index in [2.05, 4.69) is 16.4 Å². The number of benzene rings is 2. The van der Waals surface area contributed by atoms with Gasteiger partial charge in [-0.05, 0) is 25.1 Å². The zero-order valence-electron chi connectivity index (χ0n) is 17.1. The average Bonchev–Trinajstić information content (AvgIpc) is 3.15. The van der Waals surface area contributed by atoms with E-state index in [0.717, 1.165) is 16.7 Å². The van der Waals surface area contributed by atoms with Crippen molar-refractivity contribution in [2.24, 2.45) is 0 Å². The van der Waals surface area contributed by atoms with Crippen LogP contribution >= 0.6 is 11.3 Å². The van der Waals surface area contributed by atoms with Gasteiger partial charge in [-0.15, -0.1) is 0 Å². The second kappa shape index (κ2) is 9.25. The van der Waals surface area contributed by atoms with Gasteiger partial charge in [-0.1, -0.05) is 41.2 Å². The minimum Gasteiger partial charge on any atom is -0.497 e. The highest BCUT2D eigenvalue weighted by Gasteiger charge is 2.17. The van der Waals surface area contributed by atoms with Gasteiger partial charge in [-0.3, -0.25) is 4.79 Å². The van der Waals surface area contributed by atoms with Crippen LogP contribution < -0.4 is 14.8 Å². The average molecular weight is 420 g/mol. The number of methoxy groups -OCH3 is 2. The summed E-state index contributed by atoms with van der Waals surface area (Å²) < 4.78 is 10.6. The van der Waals surface area contributed by atoms with Gasteiger partial charge in [0.25, 0.3) is 0 Å². The van der Waals surface area contributed by atoms with E-state index in [9.17, 15) is 10.1 Å². The fourth-order valence-corrected chi connectivity index (χ4v) is 3.82. The summed E-state index contributed by atoms with van der Waals surface area (Å²) in [6.45, 7) is 3.45. The molecule has 0 aliphatic carbocycles. The molecule has 0 spiro atoms. The van der Waals surface area contributed by atoms with Gasteiger partial charge in [0.05, 0.1) is 19.8 Å². The number of anilines is 1. The molecular formula is C23H21N3O3S. The van der Waals surface area contributed by atoms with Crippen molar-refractivity contribution >= 4 is 33.9 Å². The van der Waals surface area contributed by atoms with Crippen LogP contribution in [0.5, 0.6) is 11.5 Å². The van der Waals surface area contributed by atoms with Crippen LogP contribution in [-0.2, 0) is 4.79 Å². The fourth-order valence-electron chi connectivity index (χ4n) is 2.82. The molecule has 30 heavy (non-hydrogen) atoms. The van der Waals surface area contributed by atoms with E-state index in [1.54, 1.807) is 32.4 Å². The molecule has 0 aliphatic rings. The molecule has 3 rings (SSSR count). The number of carbonyl (C=O) groups excluding carboxylic acids is 1. The summed E-state index contributed by atoms with van der Waals surface area (Å²) in [5.74, 6) is 1.05. The van der Waals surface area contributed by atoms with Crippen molar-refractivity contribution in [3.05, 3.63) is 58.6 Å². The van der Waals surface area contributed by atoms with E-state index in [1.807, 2.05) is 37.3 Å². The van der Waals surface area contributed by atoms with Gasteiger partial charge in [-0.25, -0.2) is 4.98 Å². The maximum Gasteiger partial charge on any atom is 0.221 e. The predicted molar refractivity (Wildman–Crippen MR) is 120 cm³/mol. The van der Waals surface area contributed by atoms with Crippen LogP contribution in [0.3, 0.4) is 0 Å². The third kappa shape index (κ3) is 4.67. The Morgan fingerprint density at radius 2 is 1.90 bits per heavy atom. The fraction of sp³-hybridized carbons (Fsp3) is 0.174. The summed E-state index contributed by atoms with van der Waals surface area (Å²) in [6.07, 6.45) is 1.72. The number of carbonyl (C=O) groups is 1. The van der Waals surface area contributed by atoms with Crippen LogP contribution in [0.2, 0.25) is 0 Å². The predicted octanol–water partition coefficient (Wildman–Crippen LogP) is 5.16. The van der Waals surface area contributed by atoms with Crippen molar-refractivity contribution in [2.45, 2.75) is 13.8 Å². The SMILES string of the molecule is COc1ccc(C=C(C#N)c2nc(-c3ccc(C)cc3)c(NC(C)=O)s2)c(OC)c1. The van der Waals surface area contributed by atoms with E-state index < -0.39 is 0 Å². The molecule has 0 aliphatic heterocycles. The lowest BCUT2D eigenvalue weighted by Gasteiger charge is -2.07. The first-order chi connectivity index (χ1) is 14.4. The van der Waals surface area contributed by atoms with Crippen molar-refractivity contribution in [2.75, 3.05) is 19.5 Å². The molecule has 1 heterocycles. The smallest absolute Gasteiger partial charge is 0.221 e. The molecule has 1 N–H and O–H groups in total. The Morgan fingerprint density at radius 1 is 1.17 bits per heavy atom. The number of nitrogens with zero attached hydrogens (tertiary/aromatic N) is 2. The molecule has 0 bridgehead atoms. The number of allylic oxidation sites excluding steroid dienone is 1. The molecule has 0 unspecified atom stereocenters. The van der Waals surface area contributed by atoms with Crippen LogP contribution in [0, 0.1) is 18.3 Å². The van der Waals surface area contributed by atoms with Crippen molar-refractivity contribution in [1.82, 2.24) is 4.98 Å². The van der Waals surface area contributed by atoms with Crippen LogP contribution in [0.15, 0.2) is 42.5 Å². The molecule has 1 amide bonds. The molecule has 7 heteroatoms. The van der Waals surface area contributed by atoms with Gasteiger partial charge in [0.15, 0.2) is 0 Å². The van der Waals surface area contributed by atoms with E-state index in [4.69, 9.17) is 9.47 Å². The number of hydrogen-bond acceptors (Lipinski definition) is 6. The zero-order valence-corrected chi connectivity index (χ0v) is 18.0. The first-order valence-corrected chi connectivity index (χ1v) is 9.96. The standard InChI is InChI=1S/C23H21N3O3S/c1-14-5-7-16(8-6-14)21-23(25-15(2)27)30-22(26-21)18(13-24)11-17-9-10-19(28-3)12-20(17)29-4/h5-12H,1-4H3,(H,25,27). The molecular weight excluding hydrogens is 398 g/mol. The van der Waals surface area contributed by atoms with Gasteiger partial charge in [0, 0.05) is 24.1 Å². The van der Waals surface area contributed by atoms with Gasteiger partial charge in [-0.2, -0.15) is 5.26 Å². The molecule has 0 fully saturated rings. The summed E-state index contributed by atoms with van der Waals surface area (Å²) in [7, 11) is 3.14. The molecule has 6 nitrogen and oxygen atoms in total. The Kier molecular flexibility index (Phi) is 6.50. The van der Waals surface area contributed by atoms with Gasteiger partial charge in [0.2, 0.25) is 5.91 Å². The number of hydrogen-bond donors (Lipinski definition) is 1. The van der Waals surface area contributed by atoms with Crippen LogP contribution in [-0.4, -0.2) is 25.1 Å². The largest absolute Gasteiger partial charge is 0.497 e. The Bertz CT molecular complexity index is 1140. The van der Waals surface area contributed by atoms with Gasteiger partial charge >= 0.3 is 0 Å². The monoisotopic (exact) mass is 419 g/mol. The van der Waals surface area contributed by atoms with Gasteiger partial charge < -0.3 is 14.8 Å². The summed E-state index contributed by atoms with van der Waals surface area (Å²) in [5.41, 5.74) is 3.72. The van der Waals surface area contributed by atoms with Crippen molar-refractivity contribution in [3.63, 3.8) is 0 Å². The lowest BCUT2D eigenvalue weighted by molar-refractivity contribution is -0.114. The number of aryl methyl sites for hydroxylation is 1. The van der Waals surface area contributed by atoms with E-state index in [0.29, 0.717) is 32.8 Å². The normalized spacial score (nSPS) is 11.0. The molecule has 0 radical (unpaired) electrons. The summed E-state index contributed by atoms with van der Waals surface area (Å²) in [4.78, 5) is 16.4. The molecule has 1 aromatic heterocycles.